The first kappa shape index (κ1) is 111. The molecule has 0 radical (unpaired) electrons. The molecule has 1 unspecified atom stereocenters. The van der Waals surface area contributed by atoms with Crippen LogP contribution >= 0.6 is 44.0 Å². The van der Waals surface area contributed by atoms with Gasteiger partial charge in [0.25, 0.3) is 0 Å². The van der Waals surface area contributed by atoms with Crippen molar-refractivity contribution in [3.63, 3.8) is 0 Å². The third-order valence-electron chi connectivity index (χ3n) is 23.3. The maximum absolute atomic E-state index is 15.5. The number of fused-ring (bicyclic) bond motifs is 6. The van der Waals surface area contributed by atoms with E-state index < -0.39 is 252 Å². The van der Waals surface area contributed by atoms with E-state index in [9.17, 15) is 115 Å². The molecule has 764 valence electrons. The lowest BCUT2D eigenvalue weighted by atomic mass is 9.94. The first-order valence-electron chi connectivity index (χ1n) is 41.4. The number of ether oxygens (including phenoxy) is 3. The minimum atomic E-state index is -11.5. The first-order valence-corrected chi connectivity index (χ1v) is 50.1. The zero-order valence-electron chi connectivity index (χ0n) is 75.4. The van der Waals surface area contributed by atoms with Crippen LogP contribution in [0.1, 0.15) is 89.0 Å². The summed E-state index contributed by atoms with van der Waals surface area (Å²) >= 11 is -4.16. The predicted molar refractivity (Wildman–Crippen MR) is 495 cm³/mol. The number of halogens is 25. The number of hydrogen-bond acceptors (Lipinski definition) is 15. The Kier molecular flexibility index (Phi) is 28.4. The van der Waals surface area contributed by atoms with E-state index in [4.69, 9.17) is 39.4 Å². The van der Waals surface area contributed by atoms with E-state index in [-0.39, 0.29) is 140 Å². The summed E-state index contributed by atoms with van der Waals surface area (Å²) < 4.78 is 425. The Morgan fingerprint density at radius 2 is 0.613 bits per heavy atom. The molecule has 0 aliphatic heterocycles. The van der Waals surface area contributed by atoms with E-state index in [1.807, 2.05) is 0 Å². The van der Waals surface area contributed by atoms with Gasteiger partial charge in [-0.25, -0.2) is 8.42 Å². The van der Waals surface area contributed by atoms with Crippen LogP contribution in [0.4, 0.5) is 105 Å². The summed E-state index contributed by atoms with van der Waals surface area (Å²) in [6.07, 6.45) is -20.2. The highest BCUT2D eigenvalue weighted by Gasteiger charge is 2.73. The molecule has 0 heterocycles. The minimum absolute atomic E-state index is 0.00508. The van der Waals surface area contributed by atoms with Gasteiger partial charge in [-0.15, -0.1) is 39.5 Å². The molecule has 0 saturated carbocycles. The molecule has 1 atom stereocenters. The topological polar surface area (TPSA) is 271 Å². The highest BCUT2D eigenvalue weighted by atomic mass is 32.5. The van der Waals surface area contributed by atoms with Gasteiger partial charge in [-0.05, 0) is 228 Å². The van der Waals surface area contributed by atoms with Gasteiger partial charge in [0.05, 0.1) is 21.6 Å². The van der Waals surface area contributed by atoms with Crippen molar-refractivity contribution < 1.29 is 136 Å². The van der Waals surface area contributed by atoms with Gasteiger partial charge in [-0.1, -0.05) is 176 Å². The summed E-state index contributed by atoms with van der Waals surface area (Å²) in [5, 5.41) is 53.7. The Morgan fingerprint density at radius 1 is 0.367 bits per heavy atom. The lowest BCUT2D eigenvalue weighted by Crippen LogP contribution is -2.34. The van der Waals surface area contributed by atoms with Gasteiger partial charge in [0.2, 0.25) is 0 Å². The molecule has 9 aromatic rings. The van der Waals surface area contributed by atoms with Crippen LogP contribution in [0.2, 0.25) is 0 Å². The van der Waals surface area contributed by atoms with Crippen molar-refractivity contribution in [1.29, 1.82) is 31.6 Å². The zero-order valence-corrected chi connectivity index (χ0v) is 80.3. The molecule has 15 rings (SSSR count). The van der Waals surface area contributed by atoms with Crippen molar-refractivity contribution in [3.05, 3.63) is 402 Å². The third-order valence-corrected chi connectivity index (χ3v) is 29.2. The Hall–Kier alpha value is -16.4. The number of alkyl halides is 15. The van der Waals surface area contributed by atoms with Crippen LogP contribution in [0.15, 0.2) is 238 Å². The molecule has 0 N–H and O–H groups in total. The van der Waals surface area contributed by atoms with Gasteiger partial charge < -0.3 is 18.8 Å². The summed E-state index contributed by atoms with van der Waals surface area (Å²) in [6, 6.07) is 37.2. The fraction of sp³-hybridized carbons (Fsp3) is 0.160. The minimum Gasteiger partial charge on any atom is -0.772 e. The van der Waals surface area contributed by atoms with E-state index in [0.29, 0.717) is 29.3 Å². The number of rotatable bonds is 16. The van der Waals surface area contributed by atoms with Gasteiger partial charge in [0, 0.05) is 67.2 Å². The van der Waals surface area contributed by atoms with Crippen LogP contribution in [0.3, 0.4) is 0 Å². The Balaban J connectivity index is 0.000000188. The molecule has 50 heteroatoms. The van der Waals surface area contributed by atoms with Crippen LogP contribution in [0.5, 0.6) is 17.2 Å². The number of hydrogen-bond donors (Lipinski definition) is 0. The molecule has 19 nitrogen and oxygen atoms in total. The molecule has 0 amide bonds. The second-order valence-electron chi connectivity index (χ2n) is 33.0. The molecular weight excluding hydrogens is 2150 g/mol. The molecule has 0 aromatic heterocycles. The summed E-state index contributed by atoms with van der Waals surface area (Å²) in [7, 11) is -27.2. The van der Waals surface area contributed by atoms with E-state index in [1.54, 1.807) is 80.6 Å². The maximum Gasteiger partial charge on any atom is 0.573 e. The number of allylic oxidation sites excluding steroid dienone is 9. The van der Waals surface area contributed by atoms with Crippen molar-refractivity contribution >= 4 is 98.3 Å². The predicted octanol–water partition coefficient (Wildman–Crippen LogP) is 24.7. The largest absolute Gasteiger partial charge is 0.772 e. The quantitative estimate of drug-likeness (QED) is 0.0286. The molecule has 0 saturated heterocycles. The van der Waals surface area contributed by atoms with Gasteiger partial charge in [-0.3, -0.25) is 4.21 Å². The van der Waals surface area contributed by atoms with Gasteiger partial charge in [0.15, 0.2) is 9.84 Å². The standard InChI is InChI=1S/C34H15F9N4OS2.C34H21F3N4O5S2.C32H15F13N4OS2/c1-16-6-4-7-17(10-16)26-24(31(46-2)47-3)13-23-28(26)29(49-33(38,39)40)22-12-21(19(14-44)15-45)25(27(22)30(23)50-34(41,42)43)18-8-5-9-20(11-18)48-32(35,36)37;1-18-7-5-8-19(11-18)29-26(33(40-2)41-3)14-24-27(17-47(42)43)30-25(32(31(24)29)48(4,44)45)13-23(21(15-38)16-39)28(30)20-9-6-10-22(12-20)46-34(35,36)37;1-16-6-4-7-17(10-16)26-24(31(48-2)49-3)13-23-28(26)29(51(36,37,38,39)40)22-12-21(19(14-46)15-47)25(27(22)30(23)52(41,42,43,44)45)18-8-5-9-20(11-18)50-32(33,34)35/h4-11H,12-13H2,1H3;5-12H,13-14,17H2,1,4H3,(H,42,43);4-11H,12-13H2,1H3/p-1. The van der Waals surface area contributed by atoms with E-state index in [2.05, 4.69) is 43.3 Å². The number of thioether (sulfide) groups is 2. The van der Waals surface area contributed by atoms with Crippen LogP contribution in [-0.2, 0) is 65.2 Å². The number of nitriles is 6. The number of aryl methyl sites for hydroxylation is 3. The molecule has 0 bridgehead atoms. The Labute approximate surface area is 842 Å². The van der Waals surface area contributed by atoms with Gasteiger partial charge >= 0.3 is 68.0 Å². The second-order valence-corrected chi connectivity index (χ2v) is 42.6. The smallest absolute Gasteiger partial charge is 0.573 e. The van der Waals surface area contributed by atoms with Crippen LogP contribution < -0.4 is 45.5 Å². The van der Waals surface area contributed by atoms with Crippen molar-refractivity contribution in [1.82, 2.24) is 0 Å². The highest BCUT2D eigenvalue weighted by molar-refractivity contribution is 8.46. The lowest BCUT2D eigenvalue weighted by Gasteiger charge is -2.45. The van der Waals surface area contributed by atoms with Crippen molar-refractivity contribution in [3.8, 4) is 53.7 Å². The highest BCUT2D eigenvalue weighted by Crippen LogP contribution is 3.04. The lowest BCUT2D eigenvalue weighted by molar-refractivity contribution is -0.275. The van der Waals surface area contributed by atoms with Gasteiger partial charge in [-0.2, -0.15) is 87.0 Å². The first-order chi connectivity index (χ1) is 69.4. The molecule has 9 aromatic carbocycles. The Bertz CT molecular complexity index is 8880. The number of benzene rings is 9. The normalized spacial score (nSPS) is 15.1. The summed E-state index contributed by atoms with van der Waals surface area (Å²) in [4.78, 5) is 11.0. The zero-order chi connectivity index (χ0) is 111. The molecule has 0 spiro atoms. The molecule has 0 fully saturated rings. The maximum atomic E-state index is 15.5. The number of sulfone groups is 1. The third kappa shape index (κ3) is 22.7. The molecular formula is C100H50F25N12O7S6-. The van der Waals surface area contributed by atoms with Crippen molar-refractivity contribution in [2.75, 3.05) is 6.26 Å². The number of nitrogens with zero attached hydrogens (tertiary/aromatic N) is 12. The van der Waals surface area contributed by atoms with Crippen LogP contribution in [0, 0.1) is 128 Å². The van der Waals surface area contributed by atoms with Crippen molar-refractivity contribution in [2.45, 2.75) is 120 Å². The van der Waals surface area contributed by atoms with Gasteiger partial charge in [0.1, 0.15) is 120 Å². The summed E-state index contributed by atoms with van der Waals surface area (Å²) in [6.45, 7) is 50.1. The summed E-state index contributed by atoms with van der Waals surface area (Å²) in [5.41, 5.74) is -22.2. The second kappa shape index (κ2) is 38.4. The van der Waals surface area contributed by atoms with Crippen molar-refractivity contribution in [2.24, 2.45) is 0 Å². The van der Waals surface area contributed by atoms with E-state index in [1.165, 1.54) is 31.2 Å². The fourth-order valence-electron chi connectivity index (χ4n) is 18.7. The molecule has 6 aliphatic rings. The molecule has 150 heavy (non-hydrogen) atoms. The average Bonchev–Trinajstić information content (AvgIpc) is 1.45. The van der Waals surface area contributed by atoms with Crippen LogP contribution in [0.25, 0.3) is 62.5 Å². The molecule has 6 aliphatic carbocycles. The Morgan fingerprint density at radius 3 is 0.887 bits per heavy atom. The summed E-state index contributed by atoms with van der Waals surface area (Å²) in [5.74, 6) is -5.57. The average molecular weight is 2200 g/mol. The van der Waals surface area contributed by atoms with E-state index >= 15 is 38.9 Å². The SMILES string of the molecule is [C-]#[N+]C([N+]#[C-])=C1Cc2c(CS(=O)[O-])c3c(c(S(C)(=O)=O)c2=C1c1cccc(C)c1)CC(=C(C#N)C#N)C=3c1cccc(OC(F)(F)F)c1.[C-]#[N+]C([N+]#[C-])=C1Cc2c(S(F)(F)(F)(F)F)c3c(c(S(F)(F)(F)(F)F)c2=C1c1cccc(C)c1)CC(=C(C#N)C#N)C=3c1cccc(OC(F)(F)F)c1.[C-]#[N+]C([N+]#[C-])=C1Cc2c(SC(F)(F)F)c3c(c(SC(F)(F)F)c2=C1c1cccc(C)c1)CC(=C(C#N)C#N)C=3c1cccc(OC(F)(F)F)c1. The van der Waals surface area contributed by atoms with Crippen LogP contribution in [-0.4, -0.2) is 53.5 Å². The monoisotopic (exact) mass is 2200 g/mol. The fourth-order valence-corrected chi connectivity index (χ4v) is 24.7. The van der Waals surface area contributed by atoms with E-state index in [0.717, 1.165) is 78.6 Å².